The highest BCUT2D eigenvalue weighted by Gasteiger charge is 2.28. The molecule has 1 saturated carbocycles. The molecule has 1 aliphatic rings. The number of nitrogens with one attached hydrogen (secondary N) is 1. The van der Waals surface area contributed by atoms with Crippen LogP contribution >= 0.6 is 35.6 Å². The zero-order chi connectivity index (χ0) is 17.3. The highest BCUT2D eigenvalue weighted by atomic mass is 35.5. The van der Waals surface area contributed by atoms with E-state index in [1.807, 2.05) is 0 Å². The second-order valence-corrected chi connectivity index (χ2v) is 6.87. The van der Waals surface area contributed by atoms with Crippen molar-refractivity contribution in [2.24, 2.45) is 11.5 Å². The Bertz CT molecular complexity index is 733. The van der Waals surface area contributed by atoms with Gasteiger partial charge in [-0.1, -0.05) is 23.2 Å². The van der Waals surface area contributed by atoms with E-state index in [2.05, 4.69) is 20.3 Å². The van der Waals surface area contributed by atoms with Crippen LogP contribution in [0.15, 0.2) is 18.2 Å². The average Bonchev–Trinajstić information content (AvgIpc) is 2.49. The molecule has 3 rings (SSSR count). The first-order chi connectivity index (χ1) is 11.4. The average molecular weight is 405 g/mol. The molecule has 25 heavy (non-hydrogen) atoms. The summed E-state index contributed by atoms with van der Waals surface area (Å²) < 4.78 is 0. The highest BCUT2D eigenvalue weighted by Crippen LogP contribution is 2.31. The fraction of sp³-hybridized carbons (Fsp3) is 0.400. The number of anilines is 3. The van der Waals surface area contributed by atoms with Gasteiger partial charge in [0.25, 0.3) is 0 Å². The van der Waals surface area contributed by atoms with Crippen molar-refractivity contribution in [3.63, 3.8) is 0 Å². The Kier molecular flexibility index (Phi) is 6.65. The van der Waals surface area contributed by atoms with Crippen LogP contribution < -0.4 is 22.5 Å². The fourth-order valence-corrected chi connectivity index (χ4v) is 3.27. The summed E-state index contributed by atoms with van der Waals surface area (Å²) in [5, 5.41) is 3.98. The minimum Gasteiger partial charge on any atom is -0.368 e. The zero-order valence-corrected chi connectivity index (χ0v) is 15.7. The van der Waals surface area contributed by atoms with Gasteiger partial charge in [-0.15, -0.1) is 12.4 Å². The van der Waals surface area contributed by atoms with Gasteiger partial charge in [0.05, 0.1) is 10.0 Å². The second-order valence-electron chi connectivity index (χ2n) is 6.05. The van der Waals surface area contributed by atoms with Crippen molar-refractivity contribution in [2.75, 3.05) is 11.1 Å². The molecule has 1 aromatic heterocycles. The lowest BCUT2D eigenvalue weighted by Gasteiger charge is -2.30. The molecule has 1 unspecified atom stereocenters. The van der Waals surface area contributed by atoms with Gasteiger partial charge in [-0.2, -0.15) is 15.0 Å². The van der Waals surface area contributed by atoms with Crippen molar-refractivity contribution >= 4 is 53.2 Å². The molecule has 1 heterocycles. The number of halogens is 3. The van der Waals surface area contributed by atoms with Crippen LogP contribution in [0.5, 0.6) is 0 Å². The summed E-state index contributed by atoms with van der Waals surface area (Å²) in [6, 6.07) is 5.25. The van der Waals surface area contributed by atoms with Crippen LogP contribution in [-0.2, 0) is 0 Å². The summed E-state index contributed by atoms with van der Waals surface area (Å²) in [5.41, 5.74) is 18.7. The lowest BCUT2D eigenvalue weighted by atomic mass is 9.83. The summed E-state index contributed by atoms with van der Waals surface area (Å²) in [7, 11) is 0. The second kappa shape index (κ2) is 8.33. The van der Waals surface area contributed by atoms with Crippen LogP contribution in [0, 0.1) is 0 Å². The standard InChI is InChI=1S/C15H19Cl2N7.ClH/c16-11-2-1-10(6-12(11)17)21-15-23-13(22-14(20)24-15)7-3-8(18)5-9(19)4-7;/h1-2,6-9H,3-5,18-19H2,(H3,20,21,22,23,24);1H/t7?,8-,9+;. The van der Waals surface area contributed by atoms with Gasteiger partial charge < -0.3 is 22.5 Å². The molecule has 0 aliphatic heterocycles. The first kappa shape index (κ1) is 19.9. The van der Waals surface area contributed by atoms with Gasteiger partial charge in [-0.3, -0.25) is 0 Å². The minimum atomic E-state index is 0. The lowest BCUT2D eigenvalue weighted by molar-refractivity contribution is 0.342. The minimum absolute atomic E-state index is 0. The van der Waals surface area contributed by atoms with Crippen molar-refractivity contribution in [2.45, 2.75) is 37.3 Å². The Labute approximate surface area is 162 Å². The van der Waals surface area contributed by atoms with Gasteiger partial charge in [-0.05, 0) is 37.5 Å². The van der Waals surface area contributed by atoms with Crippen molar-refractivity contribution in [3.8, 4) is 0 Å². The molecule has 1 fully saturated rings. The van der Waals surface area contributed by atoms with E-state index in [0.717, 1.165) is 19.3 Å². The van der Waals surface area contributed by atoms with Crippen LogP contribution in [0.2, 0.25) is 10.0 Å². The number of nitrogens with two attached hydrogens (primary N) is 3. The molecule has 0 amide bonds. The van der Waals surface area contributed by atoms with Crippen molar-refractivity contribution in [3.05, 3.63) is 34.1 Å². The predicted molar refractivity (Wildman–Crippen MR) is 104 cm³/mol. The number of rotatable bonds is 3. The van der Waals surface area contributed by atoms with E-state index in [9.17, 15) is 0 Å². The van der Waals surface area contributed by atoms with Gasteiger partial charge in [0.1, 0.15) is 5.82 Å². The van der Waals surface area contributed by atoms with Gasteiger partial charge >= 0.3 is 0 Å². The largest absolute Gasteiger partial charge is 0.368 e. The van der Waals surface area contributed by atoms with Crippen molar-refractivity contribution in [1.29, 1.82) is 0 Å². The van der Waals surface area contributed by atoms with Gasteiger partial charge in [0.15, 0.2) is 0 Å². The molecule has 10 heteroatoms. The summed E-state index contributed by atoms with van der Waals surface area (Å²) in [4.78, 5) is 12.8. The van der Waals surface area contributed by atoms with Crippen molar-refractivity contribution in [1.82, 2.24) is 15.0 Å². The summed E-state index contributed by atoms with van der Waals surface area (Å²) in [5.74, 6) is 1.18. The SMILES string of the molecule is Cl.Nc1nc(Nc2ccc(Cl)c(Cl)c2)nc(C2C[C@@H](N)C[C@@H](N)C2)n1. The Morgan fingerprint density at radius 2 is 1.64 bits per heavy atom. The molecule has 1 aliphatic carbocycles. The molecule has 136 valence electrons. The predicted octanol–water partition coefficient (Wildman–Crippen LogP) is 2.85. The van der Waals surface area contributed by atoms with Crippen LogP contribution in [0.4, 0.5) is 17.6 Å². The lowest BCUT2D eigenvalue weighted by Crippen LogP contribution is -2.39. The third-order valence-corrected chi connectivity index (χ3v) is 4.73. The number of nitrogen functional groups attached to an aromatic ring is 1. The van der Waals surface area contributed by atoms with E-state index < -0.39 is 0 Å². The molecule has 3 atom stereocenters. The van der Waals surface area contributed by atoms with Crippen LogP contribution in [-0.4, -0.2) is 27.0 Å². The normalized spacial score (nSPS) is 23.0. The molecule has 0 spiro atoms. The summed E-state index contributed by atoms with van der Waals surface area (Å²) in [6.45, 7) is 0. The van der Waals surface area contributed by atoms with E-state index in [1.54, 1.807) is 18.2 Å². The van der Waals surface area contributed by atoms with E-state index in [-0.39, 0.29) is 36.4 Å². The smallest absolute Gasteiger partial charge is 0.232 e. The van der Waals surface area contributed by atoms with Crippen LogP contribution in [0.3, 0.4) is 0 Å². The molecular formula is C15H20Cl3N7. The summed E-state index contributed by atoms with van der Waals surface area (Å²) >= 11 is 11.9. The molecular weight excluding hydrogens is 385 g/mol. The Balaban J connectivity index is 0.00000225. The quantitative estimate of drug-likeness (QED) is 0.619. The van der Waals surface area contributed by atoms with Gasteiger partial charge in [-0.25, -0.2) is 0 Å². The molecule has 0 radical (unpaired) electrons. The maximum atomic E-state index is 6.06. The summed E-state index contributed by atoms with van der Waals surface area (Å²) in [6.07, 6.45) is 2.37. The number of hydrogen-bond acceptors (Lipinski definition) is 7. The number of benzene rings is 1. The Morgan fingerprint density at radius 1 is 0.960 bits per heavy atom. The van der Waals surface area contributed by atoms with Crippen LogP contribution in [0.1, 0.15) is 31.0 Å². The van der Waals surface area contributed by atoms with Gasteiger partial charge in [0, 0.05) is 23.7 Å². The first-order valence-corrected chi connectivity index (χ1v) is 8.41. The monoisotopic (exact) mass is 403 g/mol. The number of aromatic nitrogens is 3. The van der Waals surface area contributed by atoms with E-state index in [0.29, 0.717) is 27.5 Å². The van der Waals surface area contributed by atoms with E-state index >= 15 is 0 Å². The first-order valence-electron chi connectivity index (χ1n) is 7.65. The fourth-order valence-electron chi connectivity index (χ4n) is 2.97. The molecule has 7 nitrogen and oxygen atoms in total. The van der Waals surface area contributed by atoms with Crippen LogP contribution in [0.25, 0.3) is 0 Å². The Morgan fingerprint density at radius 3 is 2.28 bits per heavy atom. The molecule has 0 bridgehead atoms. The van der Waals surface area contributed by atoms with Crippen molar-refractivity contribution < 1.29 is 0 Å². The van der Waals surface area contributed by atoms with E-state index in [4.69, 9.17) is 40.4 Å². The number of hydrogen-bond donors (Lipinski definition) is 4. The third-order valence-electron chi connectivity index (χ3n) is 3.99. The molecule has 7 N–H and O–H groups in total. The third kappa shape index (κ3) is 5.05. The number of nitrogens with zero attached hydrogens (tertiary/aromatic N) is 3. The molecule has 0 saturated heterocycles. The van der Waals surface area contributed by atoms with Gasteiger partial charge in [0.2, 0.25) is 11.9 Å². The maximum Gasteiger partial charge on any atom is 0.232 e. The Hall–Kier alpha value is -1.38. The van der Waals surface area contributed by atoms with E-state index in [1.165, 1.54) is 0 Å². The maximum absolute atomic E-state index is 6.06. The topological polar surface area (TPSA) is 129 Å². The zero-order valence-electron chi connectivity index (χ0n) is 13.3. The molecule has 2 aromatic rings. The highest BCUT2D eigenvalue weighted by molar-refractivity contribution is 6.42. The molecule has 1 aromatic carbocycles.